The summed E-state index contributed by atoms with van der Waals surface area (Å²) >= 11 is 0. The molecular weight excluding hydrogens is 350 g/mol. The number of likely N-dealkylation sites (tertiary alicyclic amines) is 2. The van der Waals surface area contributed by atoms with Crippen molar-refractivity contribution < 1.29 is 4.79 Å². The first kappa shape index (κ1) is 19.1. The molecule has 3 heterocycles. The minimum absolute atomic E-state index is 0.0421. The highest BCUT2D eigenvalue weighted by Gasteiger charge is 2.27. The predicted molar refractivity (Wildman–Crippen MR) is 109 cm³/mol. The van der Waals surface area contributed by atoms with E-state index in [1.165, 1.54) is 37.9 Å². The first-order chi connectivity index (χ1) is 13.8. The van der Waals surface area contributed by atoms with Gasteiger partial charge < -0.3 is 9.80 Å². The Labute approximate surface area is 167 Å². The number of amides is 1. The summed E-state index contributed by atoms with van der Waals surface area (Å²) in [4.78, 5) is 17.4. The Bertz CT molecular complexity index is 753. The smallest absolute Gasteiger partial charge is 0.276 e. The summed E-state index contributed by atoms with van der Waals surface area (Å²) in [6.07, 6.45) is 8.78. The molecular formula is C22H31N5O. The van der Waals surface area contributed by atoms with Gasteiger partial charge in [-0.15, -0.1) is 5.10 Å². The maximum absolute atomic E-state index is 12.9. The quantitative estimate of drug-likeness (QED) is 0.740. The molecule has 0 spiro atoms. The van der Waals surface area contributed by atoms with Crippen LogP contribution in [-0.4, -0.2) is 63.4 Å². The Hall–Kier alpha value is -2.21. The third-order valence-corrected chi connectivity index (χ3v) is 5.97. The van der Waals surface area contributed by atoms with Gasteiger partial charge in [-0.2, -0.15) is 0 Å². The van der Waals surface area contributed by atoms with Crippen molar-refractivity contribution in [2.45, 2.75) is 45.1 Å². The SMILES string of the molecule is O=C(c1cn(CCCc2ccccc2)nn1)N1CCC[C@H](CN2CCCC2)C1. The third-order valence-electron chi connectivity index (χ3n) is 5.97. The van der Waals surface area contributed by atoms with E-state index in [1.807, 2.05) is 21.8 Å². The van der Waals surface area contributed by atoms with Gasteiger partial charge in [-0.1, -0.05) is 35.5 Å². The van der Waals surface area contributed by atoms with E-state index >= 15 is 0 Å². The second-order valence-electron chi connectivity index (χ2n) is 8.22. The van der Waals surface area contributed by atoms with Crippen LogP contribution in [0.2, 0.25) is 0 Å². The number of rotatable bonds is 7. The highest BCUT2D eigenvalue weighted by Crippen LogP contribution is 2.21. The van der Waals surface area contributed by atoms with E-state index in [4.69, 9.17) is 0 Å². The first-order valence-electron chi connectivity index (χ1n) is 10.7. The largest absolute Gasteiger partial charge is 0.337 e. The molecule has 1 amide bonds. The summed E-state index contributed by atoms with van der Waals surface area (Å²) in [6, 6.07) is 10.5. The number of aromatic nitrogens is 3. The average molecular weight is 382 g/mol. The minimum atomic E-state index is 0.0421. The van der Waals surface area contributed by atoms with E-state index in [1.54, 1.807) is 0 Å². The van der Waals surface area contributed by atoms with Crippen LogP contribution in [0.5, 0.6) is 0 Å². The van der Waals surface area contributed by atoms with Crippen LogP contribution in [0.1, 0.15) is 48.2 Å². The van der Waals surface area contributed by atoms with Crippen molar-refractivity contribution in [3.8, 4) is 0 Å². The zero-order valence-corrected chi connectivity index (χ0v) is 16.7. The van der Waals surface area contributed by atoms with Gasteiger partial charge in [0.25, 0.3) is 5.91 Å². The normalized spacial score (nSPS) is 20.6. The summed E-state index contributed by atoms with van der Waals surface area (Å²) < 4.78 is 1.81. The zero-order chi connectivity index (χ0) is 19.2. The van der Waals surface area contributed by atoms with Gasteiger partial charge in [0.05, 0.1) is 6.20 Å². The number of carbonyl (C=O) groups is 1. The minimum Gasteiger partial charge on any atom is -0.337 e. The van der Waals surface area contributed by atoms with Crippen molar-refractivity contribution >= 4 is 5.91 Å². The molecule has 150 valence electrons. The Morgan fingerprint density at radius 1 is 1.07 bits per heavy atom. The van der Waals surface area contributed by atoms with E-state index in [9.17, 15) is 4.79 Å². The van der Waals surface area contributed by atoms with Crippen LogP contribution in [-0.2, 0) is 13.0 Å². The Kier molecular flexibility index (Phi) is 6.37. The van der Waals surface area contributed by atoms with Gasteiger partial charge in [-0.05, 0) is 63.1 Å². The fourth-order valence-electron chi connectivity index (χ4n) is 4.49. The van der Waals surface area contributed by atoms with Crippen LogP contribution in [0.25, 0.3) is 0 Å². The second-order valence-corrected chi connectivity index (χ2v) is 8.22. The van der Waals surface area contributed by atoms with Crippen LogP contribution in [0, 0.1) is 5.92 Å². The van der Waals surface area contributed by atoms with E-state index in [2.05, 4.69) is 39.5 Å². The molecule has 0 N–H and O–H groups in total. The van der Waals surface area contributed by atoms with Gasteiger partial charge in [0.15, 0.2) is 5.69 Å². The van der Waals surface area contributed by atoms with E-state index in [0.29, 0.717) is 11.6 Å². The molecule has 2 aliphatic rings. The van der Waals surface area contributed by atoms with Crippen LogP contribution < -0.4 is 0 Å². The molecule has 4 rings (SSSR count). The van der Waals surface area contributed by atoms with Crippen LogP contribution in [0.4, 0.5) is 0 Å². The van der Waals surface area contributed by atoms with Gasteiger partial charge in [-0.25, -0.2) is 0 Å². The maximum Gasteiger partial charge on any atom is 0.276 e. The lowest BCUT2D eigenvalue weighted by Gasteiger charge is -2.34. The summed E-state index contributed by atoms with van der Waals surface area (Å²) in [6.45, 7) is 6.07. The standard InChI is InChI=1S/C22H31N5O/c28-22(26-14-6-11-20(17-26)16-25-12-4-5-13-25)21-18-27(24-23-21)15-7-10-19-8-2-1-3-9-19/h1-3,8-9,18,20H,4-7,10-17H2/t20-/m1/s1. The number of aryl methyl sites for hydroxylation is 2. The number of piperidine rings is 1. The lowest BCUT2D eigenvalue weighted by molar-refractivity contribution is 0.0642. The van der Waals surface area contributed by atoms with Gasteiger partial charge >= 0.3 is 0 Å². The lowest BCUT2D eigenvalue weighted by atomic mass is 9.97. The predicted octanol–water partition coefficient (Wildman–Crippen LogP) is 2.86. The molecule has 2 fully saturated rings. The number of hydrogen-bond acceptors (Lipinski definition) is 4. The van der Waals surface area contributed by atoms with Crippen molar-refractivity contribution in [3.05, 3.63) is 47.8 Å². The molecule has 28 heavy (non-hydrogen) atoms. The van der Waals surface area contributed by atoms with E-state index in [-0.39, 0.29) is 5.91 Å². The molecule has 6 heteroatoms. The number of nitrogens with zero attached hydrogens (tertiary/aromatic N) is 5. The monoisotopic (exact) mass is 381 g/mol. The van der Waals surface area contributed by atoms with Gasteiger partial charge in [0.1, 0.15) is 0 Å². The third kappa shape index (κ3) is 4.98. The Balaban J connectivity index is 1.27. The lowest BCUT2D eigenvalue weighted by Crippen LogP contribution is -2.43. The fourth-order valence-corrected chi connectivity index (χ4v) is 4.49. The summed E-state index contributed by atoms with van der Waals surface area (Å²) in [7, 11) is 0. The zero-order valence-electron chi connectivity index (χ0n) is 16.7. The van der Waals surface area contributed by atoms with E-state index in [0.717, 1.165) is 45.4 Å². The molecule has 0 radical (unpaired) electrons. The molecule has 6 nitrogen and oxygen atoms in total. The highest BCUT2D eigenvalue weighted by molar-refractivity contribution is 5.92. The van der Waals surface area contributed by atoms with Crippen LogP contribution in [0.3, 0.4) is 0 Å². The van der Waals surface area contributed by atoms with Crippen LogP contribution >= 0.6 is 0 Å². The number of benzene rings is 1. The Morgan fingerprint density at radius 2 is 1.89 bits per heavy atom. The van der Waals surface area contributed by atoms with E-state index < -0.39 is 0 Å². The molecule has 0 unspecified atom stereocenters. The molecule has 0 saturated carbocycles. The molecule has 1 aromatic carbocycles. The highest BCUT2D eigenvalue weighted by atomic mass is 16.2. The maximum atomic E-state index is 12.9. The molecule has 1 aromatic heterocycles. The van der Waals surface area contributed by atoms with Gasteiger partial charge in [0.2, 0.25) is 0 Å². The second kappa shape index (κ2) is 9.32. The molecule has 0 aliphatic carbocycles. The fraction of sp³-hybridized carbons (Fsp3) is 0.591. The summed E-state index contributed by atoms with van der Waals surface area (Å²) in [5.41, 5.74) is 1.82. The van der Waals surface area contributed by atoms with Crippen molar-refractivity contribution in [1.29, 1.82) is 0 Å². The Morgan fingerprint density at radius 3 is 2.71 bits per heavy atom. The van der Waals surface area contributed by atoms with Gasteiger partial charge in [0, 0.05) is 26.2 Å². The molecule has 0 bridgehead atoms. The summed E-state index contributed by atoms with van der Waals surface area (Å²) in [5, 5.41) is 8.33. The molecule has 2 aliphatic heterocycles. The van der Waals surface area contributed by atoms with Crippen molar-refractivity contribution in [1.82, 2.24) is 24.8 Å². The summed E-state index contributed by atoms with van der Waals surface area (Å²) in [5.74, 6) is 0.636. The topological polar surface area (TPSA) is 54.3 Å². The molecule has 2 saturated heterocycles. The number of hydrogen-bond donors (Lipinski definition) is 0. The first-order valence-corrected chi connectivity index (χ1v) is 10.7. The van der Waals surface area contributed by atoms with Crippen molar-refractivity contribution in [2.75, 3.05) is 32.7 Å². The van der Waals surface area contributed by atoms with Crippen molar-refractivity contribution in [3.63, 3.8) is 0 Å². The molecule has 1 atom stereocenters. The number of carbonyl (C=O) groups excluding carboxylic acids is 1. The van der Waals surface area contributed by atoms with Gasteiger partial charge in [-0.3, -0.25) is 9.48 Å². The van der Waals surface area contributed by atoms with Crippen molar-refractivity contribution in [2.24, 2.45) is 5.92 Å². The molecule has 2 aromatic rings. The van der Waals surface area contributed by atoms with Crippen LogP contribution in [0.15, 0.2) is 36.5 Å². The average Bonchev–Trinajstić information content (AvgIpc) is 3.41.